The lowest BCUT2D eigenvalue weighted by atomic mass is 10.3. The quantitative estimate of drug-likeness (QED) is 0.307. The second kappa shape index (κ2) is 10.8. The first-order valence-electron chi connectivity index (χ1n) is 4.41. The molecule has 4 heteroatoms. The molecular formula is C8H17O4. The van der Waals surface area contributed by atoms with Crippen molar-refractivity contribution in [1.29, 1.82) is 0 Å². The first kappa shape index (κ1) is 11.8. The van der Waals surface area contributed by atoms with Gasteiger partial charge in [-0.25, -0.2) is 14.7 Å². The fraction of sp³-hybridized carbons (Fsp3) is 1.00. The second-order valence-electron chi connectivity index (χ2n) is 2.53. The highest BCUT2D eigenvalue weighted by Crippen LogP contribution is 1.93. The van der Waals surface area contributed by atoms with E-state index in [1.165, 1.54) is 0 Å². The Kier molecular flexibility index (Phi) is 10.7. The Morgan fingerprint density at radius 2 is 1.50 bits per heavy atom. The molecule has 0 aromatic carbocycles. The maximum atomic E-state index is 9.53. The van der Waals surface area contributed by atoms with E-state index in [0.29, 0.717) is 13.2 Å². The third kappa shape index (κ3) is 9.84. The number of hydrogen-bond donors (Lipinski definition) is 0. The number of rotatable bonds is 9. The molecule has 0 unspecified atom stereocenters. The average Bonchev–Trinajstić information content (AvgIpc) is 2.10. The van der Waals surface area contributed by atoms with Crippen LogP contribution in [0.3, 0.4) is 0 Å². The summed E-state index contributed by atoms with van der Waals surface area (Å²) in [5.41, 5.74) is 0. The lowest BCUT2D eigenvalue weighted by Crippen LogP contribution is -1.99. The summed E-state index contributed by atoms with van der Waals surface area (Å²) < 4.78 is 0. The van der Waals surface area contributed by atoms with Gasteiger partial charge >= 0.3 is 0 Å². The van der Waals surface area contributed by atoms with Gasteiger partial charge in [0.15, 0.2) is 0 Å². The van der Waals surface area contributed by atoms with Crippen molar-refractivity contribution in [3.63, 3.8) is 0 Å². The van der Waals surface area contributed by atoms with Crippen molar-refractivity contribution >= 4 is 0 Å². The summed E-state index contributed by atoms with van der Waals surface area (Å²) in [6, 6.07) is 0. The molecule has 12 heavy (non-hydrogen) atoms. The van der Waals surface area contributed by atoms with E-state index < -0.39 is 0 Å². The molecule has 0 rings (SSSR count). The molecule has 0 fully saturated rings. The zero-order valence-corrected chi connectivity index (χ0v) is 7.58. The van der Waals surface area contributed by atoms with Crippen LogP contribution in [0, 0.1) is 0 Å². The average molecular weight is 177 g/mol. The standard InChI is InChI=1S/C8H17O4/c1-2-3-7-11-12-8-5-4-6-10-9/h2-8H2,1H3. The van der Waals surface area contributed by atoms with E-state index >= 15 is 0 Å². The highest BCUT2D eigenvalue weighted by molar-refractivity contribution is 4.33. The third-order valence-electron chi connectivity index (χ3n) is 1.37. The number of unbranched alkanes of at least 4 members (excludes halogenated alkanes) is 2. The summed E-state index contributed by atoms with van der Waals surface area (Å²) in [6.45, 7) is 3.52. The van der Waals surface area contributed by atoms with Gasteiger partial charge in [0.1, 0.15) is 0 Å². The van der Waals surface area contributed by atoms with E-state index in [2.05, 4.69) is 11.8 Å². The van der Waals surface area contributed by atoms with Crippen LogP contribution in [0.1, 0.15) is 32.6 Å². The summed E-state index contributed by atoms with van der Waals surface area (Å²) in [7, 11) is 0. The maximum Gasteiger partial charge on any atom is 0.0855 e. The molecule has 0 spiro atoms. The molecule has 0 saturated heterocycles. The van der Waals surface area contributed by atoms with Crippen molar-refractivity contribution in [3.8, 4) is 0 Å². The van der Waals surface area contributed by atoms with Crippen LogP contribution in [-0.4, -0.2) is 19.8 Å². The van der Waals surface area contributed by atoms with E-state index in [-0.39, 0.29) is 6.61 Å². The molecule has 73 valence electrons. The maximum absolute atomic E-state index is 9.53. The molecule has 0 aliphatic rings. The van der Waals surface area contributed by atoms with Gasteiger partial charge in [-0.2, -0.15) is 0 Å². The van der Waals surface area contributed by atoms with Crippen molar-refractivity contribution in [2.45, 2.75) is 32.6 Å². The van der Waals surface area contributed by atoms with Crippen molar-refractivity contribution in [2.75, 3.05) is 19.8 Å². The molecule has 0 aromatic rings. The zero-order valence-electron chi connectivity index (χ0n) is 7.58. The van der Waals surface area contributed by atoms with Gasteiger partial charge in [0.05, 0.1) is 19.8 Å². The first-order valence-corrected chi connectivity index (χ1v) is 4.41. The highest BCUT2D eigenvalue weighted by atomic mass is 17.2. The molecule has 0 aliphatic carbocycles. The monoisotopic (exact) mass is 177 g/mol. The van der Waals surface area contributed by atoms with Crippen molar-refractivity contribution in [1.82, 2.24) is 0 Å². The Morgan fingerprint density at radius 1 is 0.917 bits per heavy atom. The third-order valence-corrected chi connectivity index (χ3v) is 1.37. The largest absolute Gasteiger partial charge is 0.237 e. The van der Waals surface area contributed by atoms with Gasteiger partial charge in [-0.3, -0.25) is 0 Å². The van der Waals surface area contributed by atoms with E-state index in [0.717, 1.165) is 25.7 Å². The minimum atomic E-state index is 0.248. The molecule has 0 bridgehead atoms. The second-order valence-corrected chi connectivity index (χ2v) is 2.53. The van der Waals surface area contributed by atoms with Crippen LogP contribution in [0.25, 0.3) is 0 Å². The SMILES string of the molecule is CCCCOOCCCCO[O]. The smallest absolute Gasteiger partial charge is 0.0855 e. The van der Waals surface area contributed by atoms with E-state index in [9.17, 15) is 5.26 Å². The Morgan fingerprint density at radius 3 is 2.08 bits per heavy atom. The summed E-state index contributed by atoms with van der Waals surface area (Å²) >= 11 is 0. The normalized spacial score (nSPS) is 10.5. The predicted molar refractivity (Wildman–Crippen MR) is 42.7 cm³/mol. The van der Waals surface area contributed by atoms with Gasteiger partial charge in [-0.1, -0.05) is 13.3 Å². The molecule has 4 nitrogen and oxygen atoms in total. The van der Waals surface area contributed by atoms with Crippen LogP contribution in [0.2, 0.25) is 0 Å². The minimum Gasteiger partial charge on any atom is -0.237 e. The van der Waals surface area contributed by atoms with Crippen molar-refractivity contribution in [3.05, 3.63) is 0 Å². The minimum absolute atomic E-state index is 0.248. The fourth-order valence-electron chi connectivity index (χ4n) is 0.643. The summed E-state index contributed by atoms with van der Waals surface area (Å²) in [5, 5.41) is 9.53. The Bertz CT molecular complexity index is 67.5. The van der Waals surface area contributed by atoms with E-state index in [1.54, 1.807) is 0 Å². The van der Waals surface area contributed by atoms with Gasteiger partial charge < -0.3 is 0 Å². The predicted octanol–water partition coefficient (Wildman–Crippen LogP) is 1.88. The summed E-state index contributed by atoms with van der Waals surface area (Å²) in [4.78, 5) is 13.3. The Labute approximate surface area is 73.3 Å². The van der Waals surface area contributed by atoms with Crippen LogP contribution in [0.4, 0.5) is 0 Å². The molecule has 0 aliphatic heterocycles. The van der Waals surface area contributed by atoms with Crippen molar-refractivity contribution < 1.29 is 19.9 Å². The highest BCUT2D eigenvalue weighted by Gasteiger charge is 1.90. The molecule has 0 atom stereocenters. The molecular weight excluding hydrogens is 160 g/mol. The van der Waals surface area contributed by atoms with Crippen LogP contribution < -0.4 is 0 Å². The van der Waals surface area contributed by atoms with E-state index in [1.807, 2.05) is 0 Å². The molecule has 0 N–H and O–H groups in total. The van der Waals surface area contributed by atoms with Gasteiger partial charge in [0.25, 0.3) is 0 Å². The Balaban J connectivity index is 2.73. The first-order chi connectivity index (χ1) is 5.91. The van der Waals surface area contributed by atoms with Crippen LogP contribution in [-0.2, 0) is 19.9 Å². The molecule has 0 saturated carbocycles. The van der Waals surface area contributed by atoms with Gasteiger partial charge in [-0.15, -0.1) is 0 Å². The van der Waals surface area contributed by atoms with Gasteiger partial charge in [0.2, 0.25) is 0 Å². The van der Waals surface area contributed by atoms with E-state index in [4.69, 9.17) is 9.78 Å². The number of hydrogen-bond acceptors (Lipinski definition) is 3. The van der Waals surface area contributed by atoms with Gasteiger partial charge in [-0.05, 0) is 24.5 Å². The van der Waals surface area contributed by atoms with Crippen LogP contribution >= 0.6 is 0 Å². The zero-order chi connectivity index (χ0) is 9.07. The topological polar surface area (TPSA) is 47.6 Å². The Hall–Kier alpha value is -0.160. The van der Waals surface area contributed by atoms with Crippen LogP contribution in [0.15, 0.2) is 0 Å². The lowest BCUT2D eigenvalue weighted by Gasteiger charge is -2.01. The molecule has 1 radical (unpaired) electrons. The fourth-order valence-corrected chi connectivity index (χ4v) is 0.643. The molecule has 0 aromatic heterocycles. The van der Waals surface area contributed by atoms with Crippen LogP contribution in [0.5, 0.6) is 0 Å². The summed E-state index contributed by atoms with van der Waals surface area (Å²) in [5.74, 6) is 0. The van der Waals surface area contributed by atoms with Gasteiger partial charge in [0, 0.05) is 0 Å². The molecule has 0 amide bonds. The summed E-state index contributed by atoms with van der Waals surface area (Å²) in [6.07, 6.45) is 3.64. The van der Waals surface area contributed by atoms with Crippen molar-refractivity contribution in [2.24, 2.45) is 0 Å². The lowest BCUT2D eigenvalue weighted by molar-refractivity contribution is -0.309. The molecule has 0 heterocycles.